The number of aryl methyl sites for hydroxylation is 1. The monoisotopic (exact) mass is 546 g/mol. The number of thiazole rings is 1. The van der Waals surface area contributed by atoms with Crippen LogP contribution in [0.1, 0.15) is 18.4 Å². The fourth-order valence-electron chi connectivity index (χ4n) is 4.03. The second-order valence-electron chi connectivity index (χ2n) is 8.18. The van der Waals surface area contributed by atoms with E-state index in [0.29, 0.717) is 30.2 Å². The summed E-state index contributed by atoms with van der Waals surface area (Å²) in [5.41, 5.74) is 2.18. The maximum atomic E-state index is 13.7. The number of benzene rings is 2. The van der Waals surface area contributed by atoms with Crippen molar-refractivity contribution in [2.24, 2.45) is 0 Å². The number of carbonyl (C=O) groups is 1. The number of halogens is 2. The van der Waals surface area contributed by atoms with Crippen LogP contribution < -0.4 is 5.56 Å². The molecular weight excluding hydrogens is 527 g/mol. The standard InChI is InChI=1S/C24H20ClFN4O2S3/c1-14-12-17(8-9-18(14)25)29-21-20(35-24(29)33)22(32)30(16-6-4-15(26)5-7-16)23(27-21)34-13-19(31)28-10-2-3-11-28/h4-9,12H,2-3,10-11,13H2,1H3. The topological polar surface area (TPSA) is 60.1 Å². The van der Waals surface area contributed by atoms with Gasteiger partial charge in [0.15, 0.2) is 14.8 Å². The van der Waals surface area contributed by atoms with E-state index in [9.17, 15) is 14.0 Å². The highest BCUT2D eigenvalue weighted by atomic mass is 35.5. The highest BCUT2D eigenvalue weighted by molar-refractivity contribution is 7.99. The Morgan fingerprint density at radius 1 is 1.14 bits per heavy atom. The van der Waals surface area contributed by atoms with E-state index < -0.39 is 5.82 Å². The number of carbonyl (C=O) groups excluding carboxylic acids is 1. The van der Waals surface area contributed by atoms with Gasteiger partial charge >= 0.3 is 0 Å². The molecule has 35 heavy (non-hydrogen) atoms. The van der Waals surface area contributed by atoms with Crippen LogP contribution in [0.5, 0.6) is 0 Å². The van der Waals surface area contributed by atoms with Crippen molar-refractivity contribution in [2.75, 3.05) is 18.8 Å². The molecule has 2 aromatic heterocycles. The van der Waals surface area contributed by atoms with Crippen LogP contribution in [0, 0.1) is 16.7 Å². The first kappa shape index (κ1) is 24.2. The first-order valence-corrected chi connectivity index (χ1v) is 13.5. The largest absolute Gasteiger partial charge is 0.342 e. The smallest absolute Gasteiger partial charge is 0.278 e. The van der Waals surface area contributed by atoms with E-state index >= 15 is 0 Å². The molecule has 0 aliphatic carbocycles. The Morgan fingerprint density at radius 3 is 2.51 bits per heavy atom. The average molecular weight is 547 g/mol. The Labute approximate surface area is 219 Å². The fraction of sp³-hybridized carbons (Fsp3) is 0.250. The maximum Gasteiger partial charge on any atom is 0.278 e. The van der Waals surface area contributed by atoms with Gasteiger partial charge in [-0.1, -0.05) is 34.7 Å². The Bertz CT molecular complexity index is 1560. The predicted octanol–water partition coefficient (Wildman–Crippen LogP) is 5.78. The summed E-state index contributed by atoms with van der Waals surface area (Å²) in [5.74, 6) is -0.262. The van der Waals surface area contributed by atoms with E-state index in [1.54, 1.807) is 10.6 Å². The molecule has 2 aromatic carbocycles. The number of thioether (sulfide) groups is 1. The van der Waals surface area contributed by atoms with Crippen LogP contribution >= 0.6 is 46.9 Å². The van der Waals surface area contributed by atoms with Crippen LogP contribution in [0.15, 0.2) is 52.4 Å². The van der Waals surface area contributed by atoms with Crippen molar-refractivity contribution in [3.8, 4) is 11.4 Å². The number of amides is 1. The third-order valence-corrected chi connectivity index (χ3v) is 8.54. The van der Waals surface area contributed by atoms with E-state index in [2.05, 4.69) is 0 Å². The van der Waals surface area contributed by atoms with Crippen molar-refractivity contribution in [3.05, 3.63) is 73.2 Å². The Hall–Kier alpha value is -2.53. The molecule has 1 saturated heterocycles. The molecule has 4 aromatic rings. The van der Waals surface area contributed by atoms with Gasteiger partial charge in [0.05, 0.1) is 11.4 Å². The third kappa shape index (κ3) is 4.67. The molecular formula is C24H20ClFN4O2S3. The first-order valence-electron chi connectivity index (χ1n) is 10.9. The number of rotatable bonds is 5. The zero-order chi connectivity index (χ0) is 24.7. The van der Waals surface area contributed by atoms with Gasteiger partial charge in [-0.25, -0.2) is 9.37 Å². The van der Waals surface area contributed by atoms with Gasteiger partial charge in [0.1, 0.15) is 10.5 Å². The highest BCUT2D eigenvalue weighted by Crippen LogP contribution is 2.29. The molecule has 1 aliphatic heterocycles. The maximum absolute atomic E-state index is 13.7. The van der Waals surface area contributed by atoms with E-state index in [0.717, 1.165) is 37.2 Å². The number of hydrogen-bond donors (Lipinski definition) is 0. The zero-order valence-electron chi connectivity index (χ0n) is 18.7. The summed E-state index contributed by atoms with van der Waals surface area (Å²) in [4.78, 5) is 33.1. The normalized spacial score (nSPS) is 13.6. The summed E-state index contributed by atoms with van der Waals surface area (Å²) in [6.45, 7) is 3.39. The lowest BCUT2D eigenvalue weighted by Crippen LogP contribution is -2.29. The summed E-state index contributed by atoms with van der Waals surface area (Å²) in [6, 6.07) is 11.1. The lowest BCUT2D eigenvalue weighted by molar-refractivity contribution is -0.127. The number of aromatic nitrogens is 3. The molecule has 0 unspecified atom stereocenters. The van der Waals surface area contributed by atoms with E-state index in [1.165, 1.54) is 51.9 Å². The second-order valence-corrected chi connectivity index (χ2v) is 11.2. The number of fused-ring (bicyclic) bond motifs is 1. The summed E-state index contributed by atoms with van der Waals surface area (Å²) < 4.78 is 17.6. The third-order valence-electron chi connectivity index (χ3n) is 5.85. The molecule has 1 fully saturated rings. The van der Waals surface area contributed by atoms with Crippen molar-refractivity contribution < 1.29 is 9.18 Å². The van der Waals surface area contributed by atoms with Gasteiger partial charge in [-0.2, -0.15) is 0 Å². The number of likely N-dealkylation sites (tertiary alicyclic amines) is 1. The minimum atomic E-state index is -0.408. The summed E-state index contributed by atoms with van der Waals surface area (Å²) in [7, 11) is 0. The van der Waals surface area contributed by atoms with Gasteiger partial charge in [0.2, 0.25) is 5.91 Å². The molecule has 6 nitrogen and oxygen atoms in total. The summed E-state index contributed by atoms with van der Waals surface area (Å²) in [5, 5.41) is 0.969. The van der Waals surface area contributed by atoms with Gasteiger partial charge in [0, 0.05) is 23.8 Å². The fourth-order valence-corrected chi connectivity index (χ4v) is 6.36. The second kappa shape index (κ2) is 9.85. The van der Waals surface area contributed by atoms with Gasteiger partial charge in [-0.05, 0) is 80.0 Å². The van der Waals surface area contributed by atoms with Crippen LogP contribution in [-0.4, -0.2) is 43.8 Å². The lowest BCUT2D eigenvalue weighted by atomic mass is 10.2. The minimum Gasteiger partial charge on any atom is -0.342 e. The van der Waals surface area contributed by atoms with Crippen LogP contribution in [0.2, 0.25) is 5.02 Å². The molecule has 0 bridgehead atoms. The van der Waals surface area contributed by atoms with Crippen molar-refractivity contribution >= 4 is 63.2 Å². The van der Waals surface area contributed by atoms with E-state index in [4.69, 9.17) is 28.8 Å². The Kier molecular flexibility index (Phi) is 6.80. The quantitative estimate of drug-likeness (QED) is 0.180. The van der Waals surface area contributed by atoms with Crippen molar-refractivity contribution in [2.45, 2.75) is 24.9 Å². The number of hydrogen-bond acceptors (Lipinski definition) is 6. The van der Waals surface area contributed by atoms with Crippen LogP contribution in [0.25, 0.3) is 21.7 Å². The van der Waals surface area contributed by atoms with Gasteiger partial charge in [-0.15, -0.1) is 0 Å². The zero-order valence-corrected chi connectivity index (χ0v) is 21.9. The van der Waals surface area contributed by atoms with Crippen molar-refractivity contribution in [1.29, 1.82) is 0 Å². The van der Waals surface area contributed by atoms with Crippen LogP contribution in [0.3, 0.4) is 0 Å². The molecule has 11 heteroatoms. The lowest BCUT2D eigenvalue weighted by Gasteiger charge is -2.16. The molecule has 0 saturated carbocycles. The SMILES string of the molecule is Cc1cc(-n2c(=S)sc3c(=O)n(-c4ccc(F)cc4)c(SCC(=O)N4CCCC4)nc32)ccc1Cl. The van der Waals surface area contributed by atoms with Crippen LogP contribution in [-0.2, 0) is 4.79 Å². The molecule has 3 heterocycles. The Balaban J connectivity index is 1.67. The molecule has 0 atom stereocenters. The van der Waals surface area contributed by atoms with Gasteiger partial charge in [-0.3, -0.25) is 18.7 Å². The van der Waals surface area contributed by atoms with E-state index in [-0.39, 0.29) is 17.2 Å². The van der Waals surface area contributed by atoms with Crippen molar-refractivity contribution in [3.63, 3.8) is 0 Å². The molecule has 0 radical (unpaired) electrons. The summed E-state index contributed by atoms with van der Waals surface area (Å²) in [6.07, 6.45) is 2.00. The minimum absolute atomic E-state index is 0.00276. The molecule has 0 N–H and O–H groups in total. The van der Waals surface area contributed by atoms with Crippen molar-refractivity contribution in [1.82, 2.24) is 19.0 Å². The first-order chi connectivity index (χ1) is 16.8. The van der Waals surface area contributed by atoms with E-state index in [1.807, 2.05) is 24.0 Å². The molecule has 5 rings (SSSR count). The molecule has 180 valence electrons. The molecule has 1 aliphatic rings. The van der Waals surface area contributed by atoms with Crippen LogP contribution in [0.4, 0.5) is 4.39 Å². The average Bonchev–Trinajstić information content (AvgIpc) is 3.49. The number of nitrogens with zero attached hydrogens (tertiary/aromatic N) is 4. The summed E-state index contributed by atoms with van der Waals surface area (Å²) >= 11 is 14.2. The molecule has 0 spiro atoms. The highest BCUT2D eigenvalue weighted by Gasteiger charge is 2.22. The van der Waals surface area contributed by atoms with Gasteiger partial charge in [0.25, 0.3) is 5.56 Å². The van der Waals surface area contributed by atoms with Gasteiger partial charge < -0.3 is 4.90 Å². The predicted molar refractivity (Wildman–Crippen MR) is 142 cm³/mol. The molecule has 1 amide bonds. The Morgan fingerprint density at radius 2 is 1.83 bits per heavy atom.